The van der Waals surface area contributed by atoms with Crippen molar-refractivity contribution in [2.75, 3.05) is 11.4 Å². The van der Waals surface area contributed by atoms with Crippen molar-refractivity contribution in [2.45, 2.75) is 19.2 Å². The lowest BCUT2D eigenvalue weighted by Gasteiger charge is -2.26. The molecule has 0 saturated carbocycles. The molecule has 2 aromatic rings. The second-order valence-electron chi connectivity index (χ2n) is 4.45. The predicted molar refractivity (Wildman–Crippen MR) is 90.6 cm³/mol. The molecule has 0 saturated heterocycles. The fraction of sp³-hybridized carbons (Fsp3) is 0.250. The molecule has 0 spiro atoms. The van der Waals surface area contributed by atoms with Crippen LogP contribution in [0.15, 0.2) is 46.9 Å². The van der Waals surface area contributed by atoms with Crippen molar-refractivity contribution in [1.82, 2.24) is 0 Å². The van der Waals surface area contributed by atoms with E-state index in [-0.39, 0.29) is 0 Å². The number of hydrogen-bond acceptors (Lipinski definition) is 1. The third-order valence-electron chi connectivity index (χ3n) is 3.18. The fourth-order valence-corrected chi connectivity index (χ4v) is 3.18. The maximum atomic E-state index is 3.69. The van der Waals surface area contributed by atoms with Gasteiger partial charge in [0, 0.05) is 22.0 Å². The summed E-state index contributed by atoms with van der Waals surface area (Å²) in [6.07, 6.45) is 0. The molecule has 1 nitrogen and oxygen atoms in total. The summed E-state index contributed by atoms with van der Waals surface area (Å²) in [7, 11) is 0. The Balaban J connectivity index is 2.46. The summed E-state index contributed by atoms with van der Waals surface area (Å²) in [6, 6.07) is 15.0. The van der Waals surface area contributed by atoms with Gasteiger partial charge in [0.05, 0.1) is 5.69 Å². The van der Waals surface area contributed by atoms with E-state index < -0.39 is 0 Å². The Morgan fingerprint density at radius 3 is 2.37 bits per heavy atom. The molecule has 100 valence electrons. The van der Waals surface area contributed by atoms with Crippen LogP contribution in [0.1, 0.15) is 18.1 Å². The molecule has 0 unspecified atom stereocenters. The van der Waals surface area contributed by atoms with Gasteiger partial charge in [-0.15, -0.1) is 0 Å². The molecular weight excluding hydrogens is 366 g/mol. The quantitative estimate of drug-likeness (QED) is 0.603. The number of aryl methyl sites for hydroxylation is 1. The van der Waals surface area contributed by atoms with Crippen molar-refractivity contribution in [3.63, 3.8) is 0 Å². The van der Waals surface area contributed by atoms with Gasteiger partial charge in [-0.05, 0) is 59.1 Å². The average Bonchev–Trinajstić information content (AvgIpc) is 2.43. The monoisotopic (exact) mass is 381 g/mol. The van der Waals surface area contributed by atoms with E-state index in [0.29, 0.717) is 0 Å². The second kappa shape index (κ2) is 6.58. The highest BCUT2D eigenvalue weighted by atomic mass is 79.9. The van der Waals surface area contributed by atoms with Gasteiger partial charge in [-0.25, -0.2) is 0 Å². The number of para-hydroxylation sites is 1. The molecule has 0 aliphatic heterocycles. The van der Waals surface area contributed by atoms with E-state index in [4.69, 9.17) is 0 Å². The van der Waals surface area contributed by atoms with Gasteiger partial charge in [0.25, 0.3) is 0 Å². The molecule has 0 heterocycles. The SMILES string of the molecule is CCN(c1ccccc1C)c1ccc(CBr)cc1Br. The summed E-state index contributed by atoms with van der Waals surface area (Å²) in [5.41, 5.74) is 5.04. The van der Waals surface area contributed by atoms with Crippen molar-refractivity contribution in [3.05, 3.63) is 58.1 Å². The Morgan fingerprint density at radius 1 is 1.05 bits per heavy atom. The molecule has 2 aromatic carbocycles. The maximum absolute atomic E-state index is 3.69. The first-order valence-electron chi connectivity index (χ1n) is 6.35. The van der Waals surface area contributed by atoms with E-state index in [0.717, 1.165) is 16.3 Å². The van der Waals surface area contributed by atoms with Crippen molar-refractivity contribution in [2.24, 2.45) is 0 Å². The minimum Gasteiger partial charge on any atom is -0.341 e. The van der Waals surface area contributed by atoms with E-state index in [1.54, 1.807) is 0 Å². The van der Waals surface area contributed by atoms with Crippen molar-refractivity contribution >= 4 is 43.2 Å². The van der Waals surface area contributed by atoms with Crippen molar-refractivity contribution in [1.29, 1.82) is 0 Å². The lowest BCUT2D eigenvalue weighted by atomic mass is 10.1. The summed E-state index contributed by atoms with van der Waals surface area (Å²) >= 11 is 7.18. The summed E-state index contributed by atoms with van der Waals surface area (Å²) < 4.78 is 1.13. The van der Waals surface area contributed by atoms with Gasteiger partial charge in [0.2, 0.25) is 0 Å². The van der Waals surface area contributed by atoms with Crippen molar-refractivity contribution in [3.8, 4) is 0 Å². The first kappa shape index (κ1) is 14.6. The van der Waals surface area contributed by atoms with Gasteiger partial charge < -0.3 is 4.90 Å². The lowest BCUT2D eigenvalue weighted by molar-refractivity contribution is 1.01. The number of benzene rings is 2. The van der Waals surface area contributed by atoms with Crippen LogP contribution in [0, 0.1) is 6.92 Å². The Bertz CT molecular complexity index is 566. The molecule has 0 N–H and O–H groups in total. The van der Waals surface area contributed by atoms with Gasteiger partial charge in [-0.3, -0.25) is 0 Å². The molecule has 0 aliphatic rings. The third kappa shape index (κ3) is 3.21. The molecule has 0 atom stereocenters. The van der Waals surface area contributed by atoms with Crippen LogP contribution in [0.4, 0.5) is 11.4 Å². The lowest BCUT2D eigenvalue weighted by Crippen LogP contribution is -2.17. The number of rotatable bonds is 4. The van der Waals surface area contributed by atoms with Crippen LogP contribution in [0.25, 0.3) is 0 Å². The molecule has 2 rings (SSSR count). The van der Waals surface area contributed by atoms with E-state index in [9.17, 15) is 0 Å². The normalized spacial score (nSPS) is 10.5. The zero-order chi connectivity index (χ0) is 13.8. The number of alkyl halides is 1. The van der Waals surface area contributed by atoms with E-state index in [1.807, 2.05) is 0 Å². The molecule has 0 fully saturated rings. The number of halogens is 2. The largest absolute Gasteiger partial charge is 0.341 e. The summed E-state index contributed by atoms with van der Waals surface area (Å²) in [4.78, 5) is 2.33. The average molecular weight is 383 g/mol. The Kier molecular flexibility index (Phi) is 5.06. The molecule has 0 radical (unpaired) electrons. The van der Waals surface area contributed by atoms with Crippen LogP contribution in [0.5, 0.6) is 0 Å². The number of hydrogen-bond donors (Lipinski definition) is 0. The second-order valence-corrected chi connectivity index (χ2v) is 5.87. The molecule has 0 aliphatic carbocycles. The standard InChI is InChI=1S/C16H17Br2N/c1-3-19(15-7-5-4-6-12(15)2)16-9-8-13(11-17)10-14(16)18/h4-10H,3,11H2,1-2H3. The minimum atomic E-state index is 0.877. The summed E-state index contributed by atoms with van der Waals surface area (Å²) in [6.45, 7) is 5.27. The molecule has 0 amide bonds. The van der Waals surface area contributed by atoms with Gasteiger partial charge in [-0.2, -0.15) is 0 Å². The van der Waals surface area contributed by atoms with Crippen LogP contribution in [0.3, 0.4) is 0 Å². The Hall–Kier alpha value is -0.800. The fourth-order valence-electron chi connectivity index (χ4n) is 2.19. The van der Waals surface area contributed by atoms with Gasteiger partial charge in [0.1, 0.15) is 0 Å². The van der Waals surface area contributed by atoms with E-state index in [1.165, 1.54) is 22.5 Å². The highest BCUT2D eigenvalue weighted by Crippen LogP contribution is 2.34. The highest BCUT2D eigenvalue weighted by Gasteiger charge is 2.12. The molecular formula is C16H17Br2N. The van der Waals surface area contributed by atoms with Crippen molar-refractivity contribution < 1.29 is 0 Å². The number of anilines is 2. The molecule has 0 bridgehead atoms. The van der Waals surface area contributed by atoms with Gasteiger partial charge >= 0.3 is 0 Å². The summed E-state index contributed by atoms with van der Waals surface area (Å²) in [5.74, 6) is 0. The molecule has 3 heteroatoms. The first-order valence-corrected chi connectivity index (χ1v) is 8.26. The van der Waals surface area contributed by atoms with Crippen LogP contribution in [-0.4, -0.2) is 6.54 Å². The molecule has 19 heavy (non-hydrogen) atoms. The maximum Gasteiger partial charge on any atom is 0.0555 e. The zero-order valence-electron chi connectivity index (χ0n) is 11.2. The highest BCUT2D eigenvalue weighted by molar-refractivity contribution is 9.10. The van der Waals surface area contributed by atoms with Crippen LogP contribution >= 0.6 is 31.9 Å². The van der Waals surface area contributed by atoms with Crippen LogP contribution in [0.2, 0.25) is 0 Å². The summed E-state index contributed by atoms with van der Waals surface area (Å²) in [5, 5.41) is 0.877. The first-order chi connectivity index (χ1) is 9.17. The van der Waals surface area contributed by atoms with Gasteiger partial charge in [0.15, 0.2) is 0 Å². The number of nitrogens with zero attached hydrogens (tertiary/aromatic N) is 1. The predicted octanol–water partition coefficient (Wildman–Crippen LogP) is 5.81. The Morgan fingerprint density at radius 2 is 1.79 bits per heavy atom. The minimum absolute atomic E-state index is 0.877. The smallest absolute Gasteiger partial charge is 0.0555 e. The van der Waals surface area contributed by atoms with Gasteiger partial charge in [-0.1, -0.05) is 40.2 Å². The zero-order valence-corrected chi connectivity index (χ0v) is 14.3. The van der Waals surface area contributed by atoms with Crippen LogP contribution in [-0.2, 0) is 5.33 Å². The Labute approximate surface area is 131 Å². The van der Waals surface area contributed by atoms with E-state index >= 15 is 0 Å². The third-order valence-corrected chi connectivity index (χ3v) is 4.46. The van der Waals surface area contributed by atoms with E-state index in [2.05, 4.69) is 93.1 Å². The molecule has 0 aromatic heterocycles. The topological polar surface area (TPSA) is 3.24 Å². The van der Waals surface area contributed by atoms with Crippen LogP contribution < -0.4 is 4.90 Å².